The average Bonchev–Trinajstić information content (AvgIpc) is 2.66. The monoisotopic (exact) mass is 392 g/mol. The number of benzene rings is 2. The molecule has 0 aliphatic heterocycles. The Bertz CT molecular complexity index is 750. The van der Waals surface area contributed by atoms with Crippen LogP contribution in [0.4, 0.5) is 5.69 Å². The largest absolute Gasteiger partial charge is 0.494 e. The molecule has 0 aliphatic carbocycles. The lowest BCUT2D eigenvalue weighted by Gasteiger charge is -2.16. The number of para-hydroxylation sites is 1. The molecular weight excluding hydrogens is 368 g/mol. The topological polar surface area (TPSA) is 90.6 Å². The second-order valence-corrected chi connectivity index (χ2v) is 5.80. The molecule has 7 heteroatoms. The number of methoxy groups -OCH3 is 1. The van der Waals surface area contributed by atoms with Gasteiger partial charge in [-0.15, -0.1) is 12.4 Å². The van der Waals surface area contributed by atoms with E-state index in [2.05, 4.69) is 5.32 Å². The molecule has 2 aromatic rings. The smallest absolute Gasteiger partial charge is 0.310 e. The third-order valence-electron chi connectivity index (χ3n) is 3.97. The molecule has 0 fully saturated rings. The number of amides is 1. The standard InChI is InChI=1S/C20H24N2O4.ClH/c1-3-26-16-10-8-14(9-11-16)12-15(20(24)25-2)13-22-19(23)17-6-4-5-7-18(17)21;/h4-11,15H,3,12-13,21H2,1-2H3,(H,22,23);1H. The summed E-state index contributed by atoms with van der Waals surface area (Å²) in [4.78, 5) is 24.4. The van der Waals surface area contributed by atoms with Gasteiger partial charge in [-0.25, -0.2) is 0 Å². The molecule has 2 rings (SSSR count). The van der Waals surface area contributed by atoms with E-state index in [0.29, 0.717) is 24.3 Å². The molecule has 3 N–H and O–H groups in total. The van der Waals surface area contributed by atoms with Crippen molar-refractivity contribution in [1.82, 2.24) is 5.32 Å². The van der Waals surface area contributed by atoms with Crippen molar-refractivity contribution in [3.8, 4) is 5.75 Å². The van der Waals surface area contributed by atoms with E-state index in [1.54, 1.807) is 24.3 Å². The molecule has 1 atom stereocenters. The highest BCUT2D eigenvalue weighted by molar-refractivity contribution is 5.99. The highest BCUT2D eigenvalue weighted by Gasteiger charge is 2.21. The molecule has 1 unspecified atom stereocenters. The molecule has 0 saturated carbocycles. The van der Waals surface area contributed by atoms with Gasteiger partial charge in [0.1, 0.15) is 5.75 Å². The first kappa shape index (κ1) is 22.3. The highest BCUT2D eigenvalue weighted by Crippen LogP contribution is 2.16. The maximum Gasteiger partial charge on any atom is 0.310 e. The lowest BCUT2D eigenvalue weighted by Crippen LogP contribution is -2.35. The van der Waals surface area contributed by atoms with E-state index < -0.39 is 5.92 Å². The Balaban J connectivity index is 0.00000364. The highest BCUT2D eigenvalue weighted by atomic mass is 35.5. The molecule has 1 amide bonds. The summed E-state index contributed by atoms with van der Waals surface area (Å²) >= 11 is 0. The van der Waals surface area contributed by atoms with Gasteiger partial charge in [0.2, 0.25) is 0 Å². The Hall–Kier alpha value is -2.73. The lowest BCUT2D eigenvalue weighted by molar-refractivity contribution is -0.145. The fraction of sp³-hybridized carbons (Fsp3) is 0.300. The molecule has 6 nitrogen and oxygen atoms in total. The summed E-state index contributed by atoms with van der Waals surface area (Å²) in [6.45, 7) is 2.68. The molecular formula is C20H25ClN2O4. The van der Waals surface area contributed by atoms with Crippen molar-refractivity contribution >= 4 is 30.0 Å². The van der Waals surface area contributed by atoms with Crippen molar-refractivity contribution < 1.29 is 19.1 Å². The quantitative estimate of drug-likeness (QED) is 0.532. The first-order chi connectivity index (χ1) is 12.5. The third kappa shape index (κ3) is 6.49. The van der Waals surface area contributed by atoms with E-state index in [0.717, 1.165) is 11.3 Å². The van der Waals surface area contributed by atoms with E-state index in [1.807, 2.05) is 31.2 Å². The minimum Gasteiger partial charge on any atom is -0.494 e. The third-order valence-corrected chi connectivity index (χ3v) is 3.97. The second-order valence-electron chi connectivity index (χ2n) is 5.80. The Labute approximate surface area is 165 Å². The summed E-state index contributed by atoms with van der Waals surface area (Å²) < 4.78 is 10.3. The van der Waals surface area contributed by atoms with Crippen LogP contribution in [0.15, 0.2) is 48.5 Å². The van der Waals surface area contributed by atoms with Gasteiger partial charge in [0.15, 0.2) is 0 Å². The van der Waals surface area contributed by atoms with Crippen LogP contribution >= 0.6 is 12.4 Å². The SMILES string of the molecule is CCOc1ccc(CC(CNC(=O)c2ccccc2N)C(=O)OC)cc1.Cl. The fourth-order valence-corrected chi connectivity index (χ4v) is 2.59. The number of anilines is 1. The number of ether oxygens (including phenoxy) is 2. The number of esters is 1. The molecule has 2 aromatic carbocycles. The number of carbonyl (C=O) groups is 2. The van der Waals surface area contributed by atoms with Crippen molar-refractivity contribution in [2.24, 2.45) is 5.92 Å². The number of nitrogen functional groups attached to an aromatic ring is 1. The van der Waals surface area contributed by atoms with Crippen LogP contribution in [0.3, 0.4) is 0 Å². The number of nitrogens with two attached hydrogens (primary N) is 1. The molecule has 0 bridgehead atoms. The average molecular weight is 393 g/mol. The minimum absolute atomic E-state index is 0. The Morgan fingerprint density at radius 3 is 2.37 bits per heavy atom. The van der Waals surface area contributed by atoms with Gasteiger partial charge in [0.25, 0.3) is 5.91 Å². The molecule has 0 radical (unpaired) electrons. The Kier molecular flexibility index (Phi) is 9.16. The summed E-state index contributed by atoms with van der Waals surface area (Å²) in [7, 11) is 1.34. The summed E-state index contributed by atoms with van der Waals surface area (Å²) in [5.74, 6) is -0.408. The minimum atomic E-state index is -0.494. The Morgan fingerprint density at radius 2 is 1.78 bits per heavy atom. The van der Waals surface area contributed by atoms with Crippen molar-refractivity contribution in [2.75, 3.05) is 26.0 Å². The van der Waals surface area contributed by atoms with Gasteiger partial charge in [0, 0.05) is 12.2 Å². The van der Waals surface area contributed by atoms with Gasteiger partial charge in [-0.3, -0.25) is 9.59 Å². The van der Waals surface area contributed by atoms with Crippen molar-refractivity contribution in [1.29, 1.82) is 0 Å². The summed E-state index contributed by atoms with van der Waals surface area (Å²) in [6, 6.07) is 14.3. The van der Waals surface area contributed by atoms with Gasteiger partial charge in [-0.1, -0.05) is 24.3 Å². The van der Waals surface area contributed by atoms with Gasteiger partial charge in [-0.2, -0.15) is 0 Å². The van der Waals surface area contributed by atoms with Crippen molar-refractivity contribution in [2.45, 2.75) is 13.3 Å². The number of carbonyl (C=O) groups excluding carboxylic acids is 2. The first-order valence-electron chi connectivity index (χ1n) is 8.47. The first-order valence-corrected chi connectivity index (χ1v) is 8.47. The summed E-state index contributed by atoms with van der Waals surface area (Å²) in [6.07, 6.45) is 0.448. The van der Waals surface area contributed by atoms with E-state index in [-0.39, 0.29) is 30.8 Å². The van der Waals surface area contributed by atoms with Gasteiger partial charge >= 0.3 is 5.97 Å². The Morgan fingerprint density at radius 1 is 1.11 bits per heavy atom. The van der Waals surface area contributed by atoms with E-state index in [4.69, 9.17) is 15.2 Å². The molecule has 0 saturated heterocycles. The lowest BCUT2D eigenvalue weighted by atomic mass is 9.99. The van der Waals surface area contributed by atoms with Crippen LogP contribution in [0.5, 0.6) is 5.75 Å². The molecule has 27 heavy (non-hydrogen) atoms. The number of hydrogen-bond donors (Lipinski definition) is 2. The molecule has 146 valence electrons. The van der Waals surface area contributed by atoms with Crippen LogP contribution in [0.1, 0.15) is 22.8 Å². The number of halogens is 1. The number of nitrogens with one attached hydrogen (secondary N) is 1. The fourth-order valence-electron chi connectivity index (χ4n) is 2.59. The summed E-state index contributed by atoms with van der Waals surface area (Å²) in [5, 5.41) is 2.76. The molecule has 0 aromatic heterocycles. The molecule has 0 spiro atoms. The predicted molar refractivity (Wildman–Crippen MR) is 107 cm³/mol. The van der Waals surface area contributed by atoms with Gasteiger partial charge in [0.05, 0.1) is 25.2 Å². The van der Waals surface area contributed by atoms with Crippen molar-refractivity contribution in [3.05, 3.63) is 59.7 Å². The zero-order valence-electron chi connectivity index (χ0n) is 15.4. The molecule has 0 aliphatic rings. The van der Waals surface area contributed by atoms with E-state index >= 15 is 0 Å². The zero-order valence-corrected chi connectivity index (χ0v) is 16.3. The van der Waals surface area contributed by atoms with Crippen LogP contribution in [-0.2, 0) is 16.0 Å². The molecule has 0 heterocycles. The van der Waals surface area contributed by atoms with Crippen LogP contribution < -0.4 is 15.8 Å². The van der Waals surface area contributed by atoms with E-state index in [9.17, 15) is 9.59 Å². The normalized spacial score (nSPS) is 11.0. The van der Waals surface area contributed by atoms with Crippen LogP contribution in [-0.4, -0.2) is 32.1 Å². The number of hydrogen-bond acceptors (Lipinski definition) is 5. The second kappa shape index (κ2) is 11.1. The van der Waals surface area contributed by atoms with Crippen molar-refractivity contribution in [3.63, 3.8) is 0 Å². The predicted octanol–water partition coefficient (Wildman–Crippen LogP) is 2.85. The van der Waals surface area contributed by atoms with Crippen LogP contribution in [0, 0.1) is 5.92 Å². The maximum atomic E-state index is 12.3. The maximum absolute atomic E-state index is 12.3. The number of rotatable bonds is 8. The van der Waals surface area contributed by atoms with E-state index in [1.165, 1.54) is 7.11 Å². The zero-order chi connectivity index (χ0) is 18.9. The van der Waals surface area contributed by atoms with Crippen LogP contribution in [0.2, 0.25) is 0 Å². The van der Waals surface area contributed by atoms with Gasteiger partial charge < -0.3 is 20.5 Å². The summed E-state index contributed by atoms with van der Waals surface area (Å²) in [5.41, 5.74) is 7.55. The van der Waals surface area contributed by atoms with Gasteiger partial charge in [-0.05, 0) is 43.2 Å². The van der Waals surface area contributed by atoms with Crippen LogP contribution in [0.25, 0.3) is 0 Å².